The molecule has 1 heterocycles. The minimum Gasteiger partial charge on any atom is -0.497 e. The largest absolute Gasteiger partial charge is 0.497 e. The Labute approximate surface area is 142 Å². The molecule has 0 spiro atoms. The fourth-order valence-corrected chi connectivity index (χ4v) is 3.44. The number of rotatable bonds is 3. The monoisotopic (exact) mass is 316 g/mol. The molecule has 3 aromatic rings. The van der Waals surface area contributed by atoms with Gasteiger partial charge in [0.05, 0.1) is 7.11 Å². The number of para-hydroxylation sites is 1. The molecule has 0 radical (unpaired) electrons. The van der Waals surface area contributed by atoms with Crippen molar-refractivity contribution < 1.29 is 9.47 Å². The summed E-state index contributed by atoms with van der Waals surface area (Å²) in [5, 5.41) is 0. The molecule has 2 atom stereocenters. The predicted molar refractivity (Wildman–Crippen MR) is 95.7 cm³/mol. The van der Waals surface area contributed by atoms with Crippen LogP contribution in [0.3, 0.4) is 0 Å². The molecule has 0 aromatic heterocycles. The van der Waals surface area contributed by atoms with E-state index in [-0.39, 0.29) is 6.10 Å². The topological polar surface area (TPSA) is 18.5 Å². The zero-order valence-corrected chi connectivity index (χ0v) is 13.7. The molecule has 4 rings (SSSR count). The molecule has 24 heavy (non-hydrogen) atoms. The highest BCUT2D eigenvalue weighted by Gasteiger charge is 2.30. The molecule has 0 aliphatic carbocycles. The average molecular weight is 316 g/mol. The Balaban J connectivity index is 1.72. The lowest BCUT2D eigenvalue weighted by Gasteiger charge is -2.33. The normalized spacial score (nSPS) is 19.2. The molecule has 0 saturated heterocycles. The van der Waals surface area contributed by atoms with E-state index in [0.29, 0.717) is 5.92 Å². The van der Waals surface area contributed by atoms with Crippen molar-refractivity contribution in [3.8, 4) is 11.5 Å². The molecule has 120 valence electrons. The lowest BCUT2D eigenvalue weighted by molar-refractivity contribution is 0.167. The minimum atomic E-state index is 0.0519. The molecule has 0 amide bonds. The van der Waals surface area contributed by atoms with Gasteiger partial charge in [0.1, 0.15) is 17.6 Å². The van der Waals surface area contributed by atoms with E-state index in [1.807, 2.05) is 18.2 Å². The predicted octanol–water partition coefficient (Wildman–Crippen LogP) is 5.35. The van der Waals surface area contributed by atoms with E-state index < -0.39 is 0 Å². The third kappa shape index (κ3) is 2.76. The highest BCUT2D eigenvalue weighted by Crippen LogP contribution is 2.45. The summed E-state index contributed by atoms with van der Waals surface area (Å²) in [6, 6.07) is 27.3. The number of benzene rings is 3. The molecular weight excluding hydrogens is 296 g/mol. The SMILES string of the molecule is COc1ccc([C@H]2C[C@@H](c3ccccc3)c3ccccc3O2)cc1. The Morgan fingerprint density at radius 1 is 0.792 bits per heavy atom. The fraction of sp³-hybridized carbons (Fsp3) is 0.182. The van der Waals surface area contributed by atoms with Crippen LogP contribution in [-0.4, -0.2) is 7.11 Å². The summed E-state index contributed by atoms with van der Waals surface area (Å²) in [7, 11) is 1.69. The first-order valence-corrected chi connectivity index (χ1v) is 8.29. The van der Waals surface area contributed by atoms with Gasteiger partial charge in [0.2, 0.25) is 0 Å². The Morgan fingerprint density at radius 2 is 1.50 bits per heavy atom. The van der Waals surface area contributed by atoms with Gasteiger partial charge < -0.3 is 9.47 Å². The smallest absolute Gasteiger partial charge is 0.125 e. The summed E-state index contributed by atoms with van der Waals surface area (Å²) >= 11 is 0. The molecule has 0 unspecified atom stereocenters. The zero-order valence-electron chi connectivity index (χ0n) is 13.7. The second-order valence-electron chi connectivity index (χ2n) is 6.12. The highest BCUT2D eigenvalue weighted by atomic mass is 16.5. The van der Waals surface area contributed by atoms with Crippen molar-refractivity contribution in [1.82, 2.24) is 0 Å². The number of methoxy groups -OCH3 is 1. The van der Waals surface area contributed by atoms with E-state index in [2.05, 4.69) is 60.7 Å². The van der Waals surface area contributed by atoms with Crippen LogP contribution in [0.15, 0.2) is 78.9 Å². The van der Waals surface area contributed by atoms with Crippen LogP contribution in [0, 0.1) is 0 Å². The first-order valence-electron chi connectivity index (χ1n) is 8.29. The van der Waals surface area contributed by atoms with Crippen molar-refractivity contribution in [1.29, 1.82) is 0 Å². The maximum atomic E-state index is 6.30. The van der Waals surface area contributed by atoms with Crippen LogP contribution in [0.4, 0.5) is 0 Å². The number of hydrogen-bond donors (Lipinski definition) is 0. The Bertz CT molecular complexity index is 809. The van der Waals surface area contributed by atoms with Crippen molar-refractivity contribution in [3.63, 3.8) is 0 Å². The molecule has 0 fully saturated rings. The van der Waals surface area contributed by atoms with Gasteiger partial charge in [0.15, 0.2) is 0 Å². The lowest BCUT2D eigenvalue weighted by atomic mass is 9.82. The van der Waals surface area contributed by atoms with Gasteiger partial charge in [-0.25, -0.2) is 0 Å². The summed E-state index contributed by atoms with van der Waals surface area (Å²) in [4.78, 5) is 0. The van der Waals surface area contributed by atoms with Gasteiger partial charge in [-0.05, 0) is 35.7 Å². The quantitative estimate of drug-likeness (QED) is 0.648. The Morgan fingerprint density at radius 3 is 2.25 bits per heavy atom. The standard InChI is InChI=1S/C22H20O2/c1-23-18-13-11-17(12-14-18)22-15-20(16-7-3-2-4-8-16)19-9-5-6-10-21(19)24-22/h2-14,20,22H,15H2,1H3/t20-,22+/m0/s1. The van der Waals surface area contributed by atoms with Crippen LogP contribution >= 0.6 is 0 Å². The maximum absolute atomic E-state index is 6.30. The van der Waals surface area contributed by atoms with Gasteiger partial charge in [-0.2, -0.15) is 0 Å². The van der Waals surface area contributed by atoms with Crippen molar-refractivity contribution in [2.45, 2.75) is 18.4 Å². The second-order valence-corrected chi connectivity index (χ2v) is 6.12. The minimum absolute atomic E-state index is 0.0519. The van der Waals surface area contributed by atoms with Crippen LogP contribution < -0.4 is 9.47 Å². The molecule has 2 heteroatoms. The van der Waals surface area contributed by atoms with E-state index in [9.17, 15) is 0 Å². The van der Waals surface area contributed by atoms with Crippen LogP contribution in [0.25, 0.3) is 0 Å². The molecule has 0 bridgehead atoms. The molecule has 1 aliphatic heterocycles. The van der Waals surface area contributed by atoms with Gasteiger partial charge in [-0.15, -0.1) is 0 Å². The molecule has 0 saturated carbocycles. The summed E-state index contributed by atoms with van der Waals surface area (Å²) in [6.07, 6.45) is 0.990. The van der Waals surface area contributed by atoms with Crippen LogP contribution in [0.1, 0.15) is 35.1 Å². The van der Waals surface area contributed by atoms with Gasteiger partial charge >= 0.3 is 0 Å². The van der Waals surface area contributed by atoms with Crippen molar-refractivity contribution in [2.75, 3.05) is 7.11 Å². The summed E-state index contributed by atoms with van der Waals surface area (Å²) in [5.74, 6) is 2.20. The van der Waals surface area contributed by atoms with E-state index >= 15 is 0 Å². The zero-order chi connectivity index (χ0) is 16.4. The van der Waals surface area contributed by atoms with Crippen molar-refractivity contribution in [2.24, 2.45) is 0 Å². The maximum Gasteiger partial charge on any atom is 0.125 e. The third-order valence-electron chi connectivity index (χ3n) is 4.70. The number of ether oxygens (including phenoxy) is 2. The van der Waals surface area contributed by atoms with Gasteiger partial charge in [-0.1, -0.05) is 60.7 Å². The van der Waals surface area contributed by atoms with E-state index in [0.717, 1.165) is 17.9 Å². The van der Waals surface area contributed by atoms with Crippen molar-refractivity contribution in [3.05, 3.63) is 95.6 Å². The molecule has 0 N–H and O–H groups in total. The second kappa shape index (κ2) is 6.40. The van der Waals surface area contributed by atoms with Gasteiger partial charge in [0, 0.05) is 11.5 Å². The lowest BCUT2D eigenvalue weighted by Crippen LogP contribution is -2.19. The average Bonchev–Trinajstić information content (AvgIpc) is 2.68. The fourth-order valence-electron chi connectivity index (χ4n) is 3.44. The van der Waals surface area contributed by atoms with Gasteiger partial charge in [0.25, 0.3) is 0 Å². The van der Waals surface area contributed by atoms with Gasteiger partial charge in [-0.3, -0.25) is 0 Å². The highest BCUT2D eigenvalue weighted by molar-refractivity contribution is 5.45. The Hall–Kier alpha value is -2.74. The summed E-state index contributed by atoms with van der Waals surface area (Å²) in [6.45, 7) is 0. The Kier molecular flexibility index (Phi) is 3.96. The van der Waals surface area contributed by atoms with Crippen LogP contribution in [0.5, 0.6) is 11.5 Å². The van der Waals surface area contributed by atoms with Crippen LogP contribution in [-0.2, 0) is 0 Å². The summed E-state index contributed by atoms with van der Waals surface area (Å²) < 4.78 is 11.6. The van der Waals surface area contributed by atoms with E-state index in [1.54, 1.807) is 7.11 Å². The number of fused-ring (bicyclic) bond motifs is 1. The van der Waals surface area contributed by atoms with Crippen LogP contribution in [0.2, 0.25) is 0 Å². The first-order chi connectivity index (χ1) is 11.8. The molecule has 3 aromatic carbocycles. The molecular formula is C22H20O2. The van der Waals surface area contributed by atoms with E-state index in [1.165, 1.54) is 16.7 Å². The number of hydrogen-bond acceptors (Lipinski definition) is 2. The van der Waals surface area contributed by atoms with E-state index in [4.69, 9.17) is 9.47 Å². The molecule has 1 aliphatic rings. The van der Waals surface area contributed by atoms with Crippen molar-refractivity contribution >= 4 is 0 Å². The summed E-state index contributed by atoms with van der Waals surface area (Å²) in [5.41, 5.74) is 3.80. The first kappa shape index (κ1) is 14.8. The third-order valence-corrected chi connectivity index (χ3v) is 4.70. The molecule has 2 nitrogen and oxygen atoms in total.